The number of fused-ring (bicyclic) bond motifs is 5. The number of benzene rings is 4. The molecule has 3 unspecified atom stereocenters. The molecule has 0 radical (unpaired) electrons. The van der Waals surface area contributed by atoms with E-state index in [-0.39, 0.29) is 0 Å². The minimum atomic E-state index is 0.424. The molecule has 0 fully saturated rings. The molecule has 38 heavy (non-hydrogen) atoms. The van der Waals surface area contributed by atoms with Crippen molar-refractivity contribution in [2.24, 2.45) is 5.92 Å². The molecule has 0 saturated heterocycles. The molecular formula is C36H27NS. The summed E-state index contributed by atoms with van der Waals surface area (Å²) in [4.78, 5) is 1.49. The third-order valence-corrected chi connectivity index (χ3v) is 9.69. The highest BCUT2D eigenvalue weighted by Gasteiger charge is 2.35. The van der Waals surface area contributed by atoms with Gasteiger partial charge in [-0.25, -0.2) is 0 Å². The molecular weight excluding hydrogens is 478 g/mol. The fraction of sp³-hybridized carbons (Fsp3) is 0.111. The van der Waals surface area contributed by atoms with Crippen molar-refractivity contribution in [1.29, 1.82) is 0 Å². The second-order valence-electron chi connectivity index (χ2n) is 10.5. The zero-order valence-corrected chi connectivity index (χ0v) is 21.8. The van der Waals surface area contributed by atoms with Crippen LogP contribution in [0.25, 0.3) is 38.6 Å². The lowest BCUT2D eigenvalue weighted by molar-refractivity contribution is 0.695. The highest BCUT2D eigenvalue weighted by molar-refractivity contribution is 8.04. The van der Waals surface area contributed by atoms with Crippen molar-refractivity contribution in [3.63, 3.8) is 0 Å². The van der Waals surface area contributed by atoms with Gasteiger partial charge in [0.25, 0.3) is 0 Å². The van der Waals surface area contributed by atoms with E-state index in [9.17, 15) is 0 Å². The largest absolute Gasteiger partial charge is 0.309 e. The van der Waals surface area contributed by atoms with Crippen molar-refractivity contribution < 1.29 is 0 Å². The average Bonchev–Trinajstić information content (AvgIpc) is 3.53. The minimum Gasteiger partial charge on any atom is -0.309 e. The molecule has 1 aliphatic heterocycles. The summed E-state index contributed by atoms with van der Waals surface area (Å²) in [5.74, 6) is 0.978. The van der Waals surface area contributed by atoms with E-state index < -0.39 is 0 Å². The summed E-state index contributed by atoms with van der Waals surface area (Å²) < 4.78 is 2.40. The number of aromatic nitrogens is 1. The Kier molecular flexibility index (Phi) is 5.09. The molecule has 2 heterocycles. The topological polar surface area (TPSA) is 4.93 Å². The molecule has 1 nitrogen and oxygen atoms in total. The van der Waals surface area contributed by atoms with Gasteiger partial charge in [0.05, 0.1) is 11.0 Å². The third kappa shape index (κ3) is 3.48. The predicted octanol–water partition coefficient (Wildman–Crippen LogP) is 9.61. The van der Waals surface area contributed by atoms with Crippen LogP contribution < -0.4 is 0 Å². The van der Waals surface area contributed by atoms with Crippen LogP contribution in [0.15, 0.2) is 144 Å². The molecule has 0 spiro atoms. The average molecular weight is 506 g/mol. The van der Waals surface area contributed by atoms with Crippen LogP contribution in [0, 0.1) is 5.92 Å². The van der Waals surface area contributed by atoms with E-state index in [4.69, 9.17) is 0 Å². The number of hydrogen-bond donors (Lipinski definition) is 0. The highest BCUT2D eigenvalue weighted by atomic mass is 32.2. The first-order valence-corrected chi connectivity index (χ1v) is 14.3. The molecule has 0 N–H and O–H groups in total. The van der Waals surface area contributed by atoms with E-state index in [1.54, 1.807) is 5.57 Å². The van der Waals surface area contributed by atoms with E-state index in [1.807, 2.05) is 11.8 Å². The maximum absolute atomic E-state index is 2.42. The molecule has 0 bridgehead atoms. The van der Waals surface area contributed by atoms with Crippen LogP contribution in [-0.4, -0.2) is 9.82 Å². The molecule has 182 valence electrons. The van der Waals surface area contributed by atoms with Crippen molar-refractivity contribution in [3.8, 4) is 16.8 Å². The van der Waals surface area contributed by atoms with Gasteiger partial charge in [0, 0.05) is 38.5 Å². The Labute approximate surface area is 227 Å². The van der Waals surface area contributed by atoms with Crippen LogP contribution in [0.2, 0.25) is 0 Å². The van der Waals surface area contributed by atoms with E-state index in [1.165, 1.54) is 49.1 Å². The van der Waals surface area contributed by atoms with Crippen molar-refractivity contribution in [1.82, 2.24) is 4.57 Å². The van der Waals surface area contributed by atoms with Gasteiger partial charge in [-0.1, -0.05) is 109 Å². The van der Waals surface area contributed by atoms with Gasteiger partial charge in [-0.05, 0) is 52.9 Å². The normalized spacial score (nSPS) is 21.8. The lowest BCUT2D eigenvalue weighted by Crippen LogP contribution is -2.14. The zero-order valence-electron chi connectivity index (χ0n) is 21.0. The standard InChI is InChI=1S/C36H27NS/c1-4-16-33-29(13-1)30-14-2-5-17-34(30)37(33)28-12-8-11-26(22-28)24-9-7-10-25(21-24)27-19-20-36-32(23-27)31-15-3-6-18-35(31)38-36/h1-22,27,31,35H,23H2. The van der Waals surface area contributed by atoms with Gasteiger partial charge < -0.3 is 4.57 Å². The molecule has 2 aliphatic carbocycles. The first kappa shape index (κ1) is 22.0. The monoisotopic (exact) mass is 505 g/mol. The molecule has 1 aromatic heterocycles. The van der Waals surface area contributed by atoms with Crippen molar-refractivity contribution >= 4 is 33.6 Å². The lowest BCUT2D eigenvalue weighted by Gasteiger charge is -2.23. The Morgan fingerprint density at radius 2 is 1.37 bits per heavy atom. The summed E-state index contributed by atoms with van der Waals surface area (Å²) in [6.45, 7) is 0. The van der Waals surface area contributed by atoms with Crippen LogP contribution >= 0.6 is 11.8 Å². The molecule has 0 saturated carbocycles. The van der Waals surface area contributed by atoms with Crippen molar-refractivity contribution in [3.05, 3.63) is 150 Å². The van der Waals surface area contributed by atoms with Gasteiger partial charge in [0.1, 0.15) is 0 Å². The SMILES string of the molecule is C1=CC2SC3=C(CC(c4cccc(-c5cccc(-n6c7ccccc7c7ccccc76)c5)c4)C=C3)C2C=C1. The fourth-order valence-corrected chi connectivity index (χ4v) is 7.89. The summed E-state index contributed by atoms with van der Waals surface area (Å²) in [6.07, 6.45) is 15.1. The second kappa shape index (κ2) is 8.79. The number of para-hydroxylation sites is 2. The van der Waals surface area contributed by atoms with Crippen molar-refractivity contribution in [2.75, 3.05) is 0 Å². The van der Waals surface area contributed by atoms with Gasteiger partial charge in [-0.15, -0.1) is 11.8 Å². The maximum Gasteiger partial charge on any atom is 0.0541 e. The Morgan fingerprint density at radius 3 is 2.18 bits per heavy atom. The Balaban J connectivity index is 1.16. The predicted molar refractivity (Wildman–Crippen MR) is 163 cm³/mol. The van der Waals surface area contributed by atoms with Gasteiger partial charge >= 0.3 is 0 Å². The highest BCUT2D eigenvalue weighted by Crippen LogP contribution is 2.51. The summed E-state index contributed by atoms with van der Waals surface area (Å²) in [7, 11) is 0. The van der Waals surface area contributed by atoms with Gasteiger partial charge in [-0.3, -0.25) is 0 Å². The van der Waals surface area contributed by atoms with Gasteiger partial charge in [0.2, 0.25) is 0 Å². The molecule has 3 atom stereocenters. The minimum absolute atomic E-state index is 0.424. The number of rotatable bonds is 3. The second-order valence-corrected chi connectivity index (χ2v) is 11.7. The summed E-state index contributed by atoms with van der Waals surface area (Å²) in [6, 6.07) is 35.6. The number of hydrogen-bond acceptors (Lipinski definition) is 1. The Bertz CT molecular complexity index is 1790. The third-order valence-electron chi connectivity index (χ3n) is 8.32. The van der Waals surface area contributed by atoms with Crippen LogP contribution in [0.1, 0.15) is 17.9 Å². The summed E-state index contributed by atoms with van der Waals surface area (Å²) in [5.41, 5.74) is 9.23. The molecule has 4 aromatic carbocycles. The Hall–Kier alpha value is -4.01. The molecule has 8 rings (SSSR count). The van der Waals surface area contributed by atoms with Gasteiger partial charge in [-0.2, -0.15) is 0 Å². The number of thioether (sulfide) groups is 1. The first-order valence-electron chi connectivity index (χ1n) is 13.5. The molecule has 2 heteroatoms. The number of allylic oxidation sites excluding steroid dienone is 6. The summed E-state index contributed by atoms with van der Waals surface area (Å²) >= 11 is 2.03. The van der Waals surface area contributed by atoms with Gasteiger partial charge in [0.15, 0.2) is 0 Å². The van der Waals surface area contributed by atoms with Crippen LogP contribution in [0.4, 0.5) is 0 Å². The quantitative estimate of drug-likeness (QED) is 0.236. The lowest BCUT2D eigenvalue weighted by atomic mass is 9.80. The van der Waals surface area contributed by atoms with Crippen LogP contribution in [0.3, 0.4) is 0 Å². The smallest absolute Gasteiger partial charge is 0.0541 e. The summed E-state index contributed by atoms with van der Waals surface area (Å²) in [5, 5.41) is 3.16. The van der Waals surface area contributed by atoms with Crippen LogP contribution in [-0.2, 0) is 0 Å². The van der Waals surface area contributed by atoms with Crippen LogP contribution in [0.5, 0.6) is 0 Å². The zero-order chi connectivity index (χ0) is 25.1. The first-order chi connectivity index (χ1) is 18.8. The van der Waals surface area contributed by atoms with E-state index >= 15 is 0 Å². The molecule has 3 aliphatic rings. The van der Waals surface area contributed by atoms with Crippen molar-refractivity contribution in [2.45, 2.75) is 17.6 Å². The van der Waals surface area contributed by atoms with E-state index in [0.29, 0.717) is 17.1 Å². The number of nitrogens with zero attached hydrogens (tertiary/aromatic N) is 1. The Morgan fingerprint density at radius 1 is 0.658 bits per heavy atom. The molecule has 0 amide bonds. The van der Waals surface area contributed by atoms with E-state index in [2.05, 4.69) is 138 Å². The maximum atomic E-state index is 2.42. The molecule has 5 aromatic rings. The van der Waals surface area contributed by atoms with E-state index in [0.717, 1.165) is 6.42 Å². The fourth-order valence-electron chi connectivity index (χ4n) is 6.49.